The number of para-hydroxylation sites is 2. The molecule has 10 nitrogen and oxygen atoms in total. The largest absolute Gasteiger partial charge is 0.489 e. The average molecular weight is 627 g/mol. The van der Waals surface area contributed by atoms with Crippen molar-refractivity contribution < 1.29 is 14.3 Å². The molecule has 0 unspecified atom stereocenters. The van der Waals surface area contributed by atoms with Crippen molar-refractivity contribution in [2.75, 3.05) is 32.8 Å². The summed E-state index contributed by atoms with van der Waals surface area (Å²) in [6, 6.07) is 20.3. The number of rotatable bonds is 10. The lowest BCUT2D eigenvalue weighted by Gasteiger charge is -2.34. The minimum absolute atomic E-state index is 0.0388. The van der Waals surface area contributed by atoms with Gasteiger partial charge in [0.1, 0.15) is 17.3 Å². The van der Waals surface area contributed by atoms with E-state index < -0.39 is 0 Å². The van der Waals surface area contributed by atoms with Gasteiger partial charge >= 0.3 is 0 Å². The van der Waals surface area contributed by atoms with Gasteiger partial charge in [0.05, 0.1) is 35.6 Å². The quantitative estimate of drug-likeness (QED) is 0.220. The monoisotopic (exact) mass is 626 g/mol. The highest BCUT2D eigenvalue weighted by Crippen LogP contribution is 2.26. The molecule has 1 aliphatic rings. The van der Waals surface area contributed by atoms with E-state index in [0.29, 0.717) is 78.2 Å². The van der Waals surface area contributed by atoms with E-state index in [-0.39, 0.29) is 24.2 Å². The van der Waals surface area contributed by atoms with Gasteiger partial charge in [0.25, 0.3) is 11.5 Å². The van der Waals surface area contributed by atoms with Gasteiger partial charge in [0.2, 0.25) is 0 Å². The van der Waals surface area contributed by atoms with Crippen LogP contribution in [0, 0.1) is 0 Å². The molecule has 232 valence electrons. The van der Waals surface area contributed by atoms with Crippen LogP contribution in [-0.4, -0.2) is 73.7 Å². The third-order valence-corrected chi connectivity index (χ3v) is 7.91. The number of carbonyl (C=O) groups excluding carboxylic acids is 1. The van der Waals surface area contributed by atoms with E-state index in [1.165, 1.54) is 0 Å². The lowest BCUT2D eigenvalue weighted by Crippen LogP contribution is -2.50. The molecule has 0 bridgehead atoms. The van der Waals surface area contributed by atoms with Crippen molar-refractivity contribution in [1.82, 2.24) is 28.9 Å². The average Bonchev–Trinajstić information content (AvgIpc) is 3.55. The van der Waals surface area contributed by atoms with Crippen LogP contribution in [0.15, 0.2) is 90.2 Å². The van der Waals surface area contributed by atoms with Crippen molar-refractivity contribution in [1.29, 1.82) is 0 Å². The Morgan fingerprint density at radius 2 is 1.76 bits per heavy atom. The molecule has 0 N–H and O–H groups in total. The van der Waals surface area contributed by atoms with Gasteiger partial charge in [-0.25, -0.2) is 9.97 Å². The molecule has 0 spiro atoms. The Hall–Kier alpha value is -4.67. The van der Waals surface area contributed by atoms with E-state index in [2.05, 4.69) is 9.88 Å². The van der Waals surface area contributed by atoms with Crippen LogP contribution in [0.3, 0.4) is 0 Å². The molecule has 45 heavy (non-hydrogen) atoms. The molecule has 1 aliphatic heterocycles. The van der Waals surface area contributed by atoms with Crippen LogP contribution in [0.2, 0.25) is 5.02 Å². The molecule has 3 aromatic carbocycles. The van der Waals surface area contributed by atoms with Crippen molar-refractivity contribution in [3.63, 3.8) is 0 Å². The normalized spacial score (nSPS) is 13.8. The number of hydrogen-bond acceptors (Lipinski definition) is 7. The van der Waals surface area contributed by atoms with Crippen LogP contribution < -0.4 is 15.0 Å². The van der Waals surface area contributed by atoms with Crippen LogP contribution in [0.5, 0.6) is 11.5 Å². The third-order valence-electron chi connectivity index (χ3n) is 7.66. The van der Waals surface area contributed by atoms with Crippen LogP contribution >= 0.6 is 11.6 Å². The molecular weight excluding hydrogens is 592 g/mol. The second kappa shape index (κ2) is 13.5. The highest BCUT2D eigenvalue weighted by molar-refractivity contribution is 6.30. The molecule has 6 rings (SSSR count). The molecule has 3 heterocycles. The maximum atomic E-state index is 14.3. The predicted molar refractivity (Wildman–Crippen MR) is 173 cm³/mol. The Bertz CT molecular complexity index is 1830. The summed E-state index contributed by atoms with van der Waals surface area (Å²) in [6.45, 7) is 7.27. The van der Waals surface area contributed by atoms with E-state index in [4.69, 9.17) is 26.1 Å². The van der Waals surface area contributed by atoms with Gasteiger partial charge in [-0.2, -0.15) is 0 Å². The second-order valence-electron chi connectivity index (χ2n) is 11.3. The number of carbonyl (C=O) groups is 1. The molecule has 5 aromatic rings. The van der Waals surface area contributed by atoms with Gasteiger partial charge < -0.3 is 18.9 Å². The van der Waals surface area contributed by atoms with Gasteiger partial charge in [0, 0.05) is 50.1 Å². The highest BCUT2D eigenvalue weighted by Gasteiger charge is 2.24. The summed E-state index contributed by atoms with van der Waals surface area (Å²) in [6.07, 6.45) is 5.31. The Morgan fingerprint density at radius 3 is 2.49 bits per heavy atom. The zero-order valence-electron chi connectivity index (χ0n) is 25.3. The lowest BCUT2D eigenvalue weighted by atomic mass is 10.1. The van der Waals surface area contributed by atoms with Gasteiger partial charge in [-0.05, 0) is 67.9 Å². The first-order valence-corrected chi connectivity index (χ1v) is 15.4. The minimum Gasteiger partial charge on any atom is -0.489 e. The summed E-state index contributed by atoms with van der Waals surface area (Å²) >= 11 is 5.94. The van der Waals surface area contributed by atoms with E-state index in [0.717, 1.165) is 5.56 Å². The van der Waals surface area contributed by atoms with Crippen molar-refractivity contribution in [3.05, 3.63) is 112 Å². The fourth-order valence-corrected chi connectivity index (χ4v) is 5.57. The molecular formula is C34H35ClN6O4. The number of imidazole rings is 1. The molecule has 0 saturated carbocycles. The standard InChI is InChI=1S/C34H35ClN6O4/c1-24(2)45-31-6-4-3-5-30(31)41-32(37-29-12-7-25(19-28(29)34(41)43)20-39-14-13-36-23-39)21-38-15-17-40(18-16-38)33(42)22-44-27-10-8-26(35)9-11-27/h3-14,19,23-24H,15-18,20-22H2,1-2H3. The summed E-state index contributed by atoms with van der Waals surface area (Å²) in [5.74, 6) is 1.75. The van der Waals surface area contributed by atoms with Crippen LogP contribution in [0.1, 0.15) is 25.2 Å². The Kier molecular flexibility index (Phi) is 9.13. The number of halogens is 1. The zero-order valence-corrected chi connectivity index (χ0v) is 26.1. The van der Waals surface area contributed by atoms with Crippen molar-refractivity contribution >= 4 is 28.4 Å². The topological polar surface area (TPSA) is 94.7 Å². The SMILES string of the molecule is CC(C)Oc1ccccc1-n1c(CN2CCN(C(=O)COc3ccc(Cl)cc3)CC2)nc2ccc(Cn3ccnc3)cc2c1=O. The van der Waals surface area contributed by atoms with E-state index >= 15 is 0 Å². The number of aromatic nitrogens is 4. The number of amides is 1. The minimum atomic E-state index is -0.157. The first-order chi connectivity index (χ1) is 21.8. The third kappa shape index (κ3) is 7.19. The number of fused-ring (bicyclic) bond motifs is 1. The summed E-state index contributed by atoms with van der Waals surface area (Å²) < 4.78 is 15.4. The van der Waals surface area contributed by atoms with Crippen LogP contribution in [-0.2, 0) is 17.9 Å². The van der Waals surface area contributed by atoms with Gasteiger partial charge in [-0.3, -0.25) is 19.1 Å². The smallest absolute Gasteiger partial charge is 0.266 e. The Morgan fingerprint density at radius 1 is 0.978 bits per heavy atom. The lowest BCUT2D eigenvalue weighted by molar-refractivity contribution is -0.135. The van der Waals surface area contributed by atoms with Crippen molar-refractivity contribution in [3.8, 4) is 17.2 Å². The number of piperazine rings is 1. The summed E-state index contributed by atoms with van der Waals surface area (Å²) in [5.41, 5.74) is 2.10. The molecule has 0 atom stereocenters. The van der Waals surface area contributed by atoms with Gasteiger partial charge in [-0.15, -0.1) is 0 Å². The summed E-state index contributed by atoms with van der Waals surface area (Å²) in [7, 11) is 0. The molecule has 1 fully saturated rings. The van der Waals surface area contributed by atoms with Crippen molar-refractivity contribution in [2.45, 2.75) is 33.0 Å². The Balaban J connectivity index is 1.25. The van der Waals surface area contributed by atoms with Crippen LogP contribution in [0.4, 0.5) is 0 Å². The van der Waals surface area contributed by atoms with Crippen molar-refractivity contribution in [2.24, 2.45) is 0 Å². The molecule has 11 heteroatoms. The Labute approximate surface area is 266 Å². The number of nitrogens with zero attached hydrogens (tertiary/aromatic N) is 6. The predicted octanol–water partition coefficient (Wildman–Crippen LogP) is 4.79. The van der Waals surface area contributed by atoms with E-state index in [9.17, 15) is 9.59 Å². The van der Waals surface area contributed by atoms with E-state index in [1.54, 1.807) is 46.3 Å². The molecule has 1 amide bonds. The molecule has 0 aliphatic carbocycles. The fourth-order valence-electron chi connectivity index (χ4n) is 5.44. The summed E-state index contributed by atoms with van der Waals surface area (Å²) in [5, 5.41) is 1.15. The maximum Gasteiger partial charge on any atom is 0.266 e. The highest BCUT2D eigenvalue weighted by atomic mass is 35.5. The number of benzene rings is 3. The van der Waals surface area contributed by atoms with Gasteiger partial charge in [-0.1, -0.05) is 29.8 Å². The number of ether oxygens (including phenoxy) is 2. The maximum absolute atomic E-state index is 14.3. The molecule has 0 radical (unpaired) electrons. The van der Waals surface area contributed by atoms with Crippen LogP contribution in [0.25, 0.3) is 16.6 Å². The molecule has 1 saturated heterocycles. The first kappa shape index (κ1) is 30.4. The van der Waals surface area contributed by atoms with Gasteiger partial charge in [0.15, 0.2) is 6.61 Å². The molecule has 2 aromatic heterocycles. The zero-order chi connectivity index (χ0) is 31.3. The second-order valence-corrected chi connectivity index (χ2v) is 11.7. The van der Waals surface area contributed by atoms with E-state index in [1.807, 2.05) is 67.1 Å². The first-order valence-electron chi connectivity index (χ1n) is 15.0. The summed E-state index contributed by atoms with van der Waals surface area (Å²) in [4.78, 5) is 40.3. The number of hydrogen-bond donors (Lipinski definition) is 0. The fraction of sp³-hybridized carbons (Fsp3) is 0.294.